The summed E-state index contributed by atoms with van der Waals surface area (Å²) < 4.78 is 5.56. The summed E-state index contributed by atoms with van der Waals surface area (Å²) in [6, 6.07) is 5.10. The second-order valence-corrected chi connectivity index (χ2v) is 5.29. The normalized spacial score (nSPS) is 17.7. The van der Waals surface area contributed by atoms with Crippen LogP contribution in [-0.2, 0) is 0 Å². The molecule has 1 aromatic heterocycles. The molecule has 1 N–H and O–H groups in total. The van der Waals surface area contributed by atoms with Gasteiger partial charge in [0.2, 0.25) is 0 Å². The summed E-state index contributed by atoms with van der Waals surface area (Å²) in [7, 11) is 0. The molecule has 100 valence electrons. The largest absolute Gasteiger partial charge is 0.423 e. The van der Waals surface area contributed by atoms with E-state index in [-0.39, 0.29) is 11.2 Å². The van der Waals surface area contributed by atoms with Crippen LogP contribution >= 0.6 is 0 Å². The molecule has 0 saturated heterocycles. The van der Waals surface area contributed by atoms with Crippen LogP contribution in [0, 0.1) is 10.1 Å². The lowest BCUT2D eigenvalue weighted by atomic mass is 10.0. The van der Waals surface area contributed by atoms with Crippen molar-refractivity contribution in [3.8, 4) is 0 Å². The van der Waals surface area contributed by atoms with Crippen molar-refractivity contribution in [2.45, 2.75) is 38.1 Å². The van der Waals surface area contributed by atoms with Crippen molar-refractivity contribution in [3.63, 3.8) is 0 Å². The van der Waals surface area contributed by atoms with E-state index in [1.54, 1.807) is 12.1 Å². The van der Waals surface area contributed by atoms with E-state index in [9.17, 15) is 10.1 Å². The first-order valence-electron chi connectivity index (χ1n) is 6.40. The van der Waals surface area contributed by atoms with Crippen molar-refractivity contribution < 1.29 is 9.34 Å². The lowest BCUT2D eigenvalue weighted by Gasteiger charge is -2.23. The summed E-state index contributed by atoms with van der Waals surface area (Å²) >= 11 is 0. The summed E-state index contributed by atoms with van der Waals surface area (Å²) in [4.78, 5) is 14.7. The summed E-state index contributed by atoms with van der Waals surface area (Å²) in [5.41, 5.74) is 0.705. The molecule has 2 aromatic rings. The number of benzene rings is 1. The maximum Gasteiger partial charge on any atom is 0.298 e. The fourth-order valence-electron chi connectivity index (χ4n) is 2.67. The number of oxazole rings is 1. The van der Waals surface area contributed by atoms with Gasteiger partial charge in [-0.2, -0.15) is 4.98 Å². The molecule has 0 spiro atoms. The number of non-ortho nitro benzene ring substituents is 1. The lowest BCUT2D eigenvalue weighted by molar-refractivity contribution is -0.383. The molecule has 1 aliphatic carbocycles. The van der Waals surface area contributed by atoms with Crippen LogP contribution in [0.4, 0.5) is 11.7 Å². The number of hydrogen-bond acceptors (Lipinski definition) is 5. The topological polar surface area (TPSA) is 81.2 Å². The Morgan fingerprint density at radius 2 is 2.16 bits per heavy atom. The van der Waals surface area contributed by atoms with Gasteiger partial charge in [0.25, 0.3) is 11.7 Å². The number of nitro benzene ring substituents is 1. The van der Waals surface area contributed by atoms with Gasteiger partial charge in [0.1, 0.15) is 0 Å². The number of anilines is 1. The van der Waals surface area contributed by atoms with Crippen LogP contribution in [0.2, 0.25) is 0 Å². The van der Waals surface area contributed by atoms with Crippen molar-refractivity contribution in [2.75, 3.05) is 5.32 Å². The van der Waals surface area contributed by atoms with Gasteiger partial charge in [0.05, 0.1) is 4.92 Å². The molecule has 6 heteroatoms. The number of rotatable bonds is 3. The highest BCUT2D eigenvalue weighted by Crippen LogP contribution is 2.34. The number of hydrogen-bond donors (Lipinski definition) is 1. The highest BCUT2D eigenvalue weighted by atomic mass is 16.6. The van der Waals surface area contributed by atoms with Gasteiger partial charge < -0.3 is 9.73 Å². The molecule has 3 rings (SSSR count). The van der Waals surface area contributed by atoms with E-state index in [1.165, 1.54) is 18.9 Å². The second-order valence-electron chi connectivity index (χ2n) is 5.29. The zero-order valence-electron chi connectivity index (χ0n) is 10.7. The number of nitro groups is 1. The zero-order chi connectivity index (χ0) is 13.5. The number of fused-ring (bicyclic) bond motifs is 1. The van der Waals surface area contributed by atoms with E-state index in [0.717, 1.165) is 12.8 Å². The zero-order valence-corrected chi connectivity index (χ0v) is 10.7. The smallest absolute Gasteiger partial charge is 0.298 e. The molecule has 0 unspecified atom stereocenters. The first-order chi connectivity index (χ1) is 9.07. The first-order valence-corrected chi connectivity index (χ1v) is 6.40. The van der Waals surface area contributed by atoms with Crippen LogP contribution in [0.5, 0.6) is 0 Å². The minimum absolute atomic E-state index is 0.0182. The molecule has 0 radical (unpaired) electrons. The molecule has 0 amide bonds. The molecule has 1 aromatic carbocycles. The molecule has 0 aliphatic heterocycles. The van der Waals surface area contributed by atoms with Crippen LogP contribution < -0.4 is 5.32 Å². The van der Waals surface area contributed by atoms with Gasteiger partial charge >= 0.3 is 0 Å². The average molecular weight is 261 g/mol. The highest BCUT2D eigenvalue weighted by Gasteiger charge is 2.30. The average Bonchev–Trinajstić information content (AvgIpc) is 2.94. The molecule has 1 saturated carbocycles. The molecule has 6 nitrogen and oxygen atoms in total. The molecule has 0 bridgehead atoms. The monoisotopic (exact) mass is 261 g/mol. The maximum atomic E-state index is 10.9. The lowest BCUT2D eigenvalue weighted by Crippen LogP contribution is -2.30. The van der Waals surface area contributed by atoms with Crippen LogP contribution in [0.15, 0.2) is 22.6 Å². The van der Waals surface area contributed by atoms with Crippen LogP contribution in [-0.4, -0.2) is 15.4 Å². The molecule has 0 atom stereocenters. The minimum atomic E-state index is -0.439. The number of nitrogens with one attached hydrogen (secondary N) is 1. The Hall–Kier alpha value is -2.11. The van der Waals surface area contributed by atoms with Crippen molar-refractivity contribution in [3.05, 3.63) is 28.3 Å². The van der Waals surface area contributed by atoms with E-state index >= 15 is 0 Å². The molecular formula is C13H15N3O3. The second kappa shape index (κ2) is 4.22. The SMILES string of the molecule is CC1(Nc2nc3c([N+](=O)[O-])cccc3o2)CCCC1. The fourth-order valence-corrected chi connectivity index (χ4v) is 2.67. The Kier molecular flexibility index (Phi) is 2.66. The predicted molar refractivity (Wildman–Crippen MR) is 71.2 cm³/mol. The third-order valence-corrected chi connectivity index (χ3v) is 3.71. The number of nitrogens with zero attached hydrogens (tertiary/aromatic N) is 2. The summed E-state index contributed by atoms with van der Waals surface area (Å²) in [5, 5.41) is 14.2. The van der Waals surface area contributed by atoms with Crippen LogP contribution in [0.1, 0.15) is 32.6 Å². The molecule has 1 heterocycles. The Labute approximate surface area is 110 Å². The Morgan fingerprint density at radius 3 is 2.84 bits per heavy atom. The van der Waals surface area contributed by atoms with Gasteiger partial charge in [-0.15, -0.1) is 0 Å². The van der Waals surface area contributed by atoms with Crippen LogP contribution in [0.25, 0.3) is 11.1 Å². The standard InChI is InChI=1S/C13H15N3O3/c1-13(7-2-3-8-13)15-12-14-11-9(16(17)18)5-4-6-10(11)19-12/h4-6H,2-3,7-8H2,1H3,(H,14,15). The van der Waals surface area contributed by atoms with Gasteiger partial charge in [-0.3, -0.25) is 10.1 Å². The third kappa shape index (κ3) is 2.14. The van der Waals surface area contributed by atoms with E-state index in [4.69, 9.17) is 4.42 Å². The van der Waals surface area contributed by atoms with Gasteiger partial charge in [-0.1, -0.05) is 18.9 Å². The van der Waals surface area contributed by atoms with Gasteiger partial charge in [-0.05, 0) is 25.8 Å². The Morgan fingerprint density at radius 1 is 1.42 bits per heavy atom. The number of aromatic nitrogens is 1. The van der Waals surface area contributed by atoms with E-state index in [2.05, 4.69) is 17.2 Å². The van der Waals surface area contributed by atoms with Crippen molar-refractivity contribution >= 4 is 22.8 Å². The molecule has 1 fully saturated rings. The third-order valence-electron chi connectivity index (χ3n) is 3.71. The fraction of sp³-hybridized carbons (Fsp3) is 0.462. The van der Waals surface area contributed by atoms with Crippen molar-refractivity contribution in [1.29, 1.82) is 0 Å². The van der Waals surface area contributed by atoms with Crippen molar-refractivity contribution in [1.82, 2.24) is 4.98 Å². The predicted octanol–water partition coefficient (Wildman–Crippen LogP) is 3.48. The van der Waals surface area contributed by atoms with Crippen LogP contribution in [0.3, 0.4) is 0 Å². The Balaban J connectivity index is 1.97. The molecule has 19 heavy (non-hydrogen) atoms. The minimum Gasteiger partial charge on any atom is -0.423 e. The van der Waals surface area contributed by atoms with Gasteiger partial charge in [0, 0.05) is 11.6 Å². The van der Waals surface area contributed by atoms with Gasteiger partial charge in [-0.25, -0.2) is 0 Å². The van der Waals surface area contributed by atoms with E-state index < -0.39 is 4.92 Å². The quantitative estimate of drug-likeness (QED) is 0.675. The molecule has 1 aliphatic rings. The first kappa shape index (κ1) is 12.0. The van der Waals surface area contributed by atoms with E-state index in [1.807, 2.05) is 0 Å². The van der Waals surface area contributed by atoms with Crippen molar-refractivity contribution in [2.24, 2.45) is 0 Å². The van der Waals surface area contributed by atoms with Gasteiger partial charge in [0.15, 0.2) is 11.1 Å². The van der Waals surface area contributed by atoms with E-state index in [0.29, 0.717) is 17.1 Å². The molecular weight excluding hydrogens is 246 g/mol. The summed E-state index contributed by atoms with van der Waals surface area (Å²) in [5.74, 6) is 0. The Bertz CT molecular complexity index is 629. The highest BCUT2D eigenvalue weighted by molar-refractivity contribution is 5.84. The summed E-state index contributed by atoms with van der Waals surface area (Å²) in [6.45, 7) is 2.13. The number of para-hydroxylation sites is 1. The maximum absolute atomic E-state index is 10.9. The summed E-state index contributed by atoms with van der Waals surface area (Å²) in [6.07, 6.45) is 4.50.